The van der Waals surface area contributed by atoms with E-state index in [-0.39, 0.29) is 16.1 Å². The van der Waals surface area contributed by atoms with Crippen LogP contribution >= 0.6 is 0 Å². The van der Waals surface area contributed by atoms with E-state index in [1.165, 1.54) is 29.8 Å². The third-order valence-electron chi connectivity index (χ3n) is 6.18. The van der Waals surface area contributed by atoms with Crippen molar-refractivity contribution in [2.45, 2.75) is 30.3 Å². The van der Waals surface area contributed by atoms with Gasteiger partial charge in [0.15, 0.2) is 0 Å². The van der Waals surface area contributed by atoms with Gasteiger partial charge in [0.1, 0.15) is 5.82 Å². The van der Waals surface area contributed by atoms with Gasteiger partial charge >= 0.3 is 18.1 Å². The lowest BCUT2D eigenvalue weighted by molar-refractivity contribution is -0.192. The summed E-state index contributed by atoms with van der Waals surface area (Å²) in [5.41, 5.74) is 2.11. The Balaban J connectivity index is 0.000000559. The van der Waals surface area contributed by atoms with Gasteiger partial charge in [-0.15, -0.1) is 0 Å². The van der Waals surface area contributed by atoms with Crippen molar-refractivity contribution in [3.8, 4) is 0 Å². The van der Waals surface area contributed by atoms with Gasteiger partial charge < -0.3 is 15.1 Å². The number of hydrogen-bond acceptors (Lipinski definition) is 5. The highest BCUT2D eigenvalue weighted by atomic mass is 32.2. The lowest BCUT2D eigenvalue weighted by atomic mass is 9.90. The maximum atomic E-state index is 13.2. The second-order valence-electron chi connectivity index (χ2n) is 9.02. The normalized spacial score (nSPS) is 14.2. The molecule has 0 spiro atoms. The molecule has 214 valence electrons. The van der Waals surface area contributed by atoms with Crippen LogP contribution in [0.1, 0.15) is 28.8 Å². The topological polar surface area (TPSA) is 124 Å². The molecule has 3 aromatic rings. The Kier molecular flexibility index (Phi) is 9.74. The number of anilines is 2. The van der Waals surface area contributed by atoms with Crippen molar-refractivity contribution in [2.75, 3.05) is 22.7 Å². The van der Waals surface area contributed by atoms with E-state index in [2.05, 4.69) is 21.8 Å². The first-order valence-corrected chi connectivity index (χ1v) is 13.5. The van der Waals surface area contributed by atoms with Crippen LogP contribution in [0.25, 0.3) is 0 Å². The zero-order valence-electron chi connectivity index (χ0n) is 20.9. The minimum Gasteiger partial charge on any atom is -0.478 e. The molecular formula is C27H26F4N2O6S. The third-order valence-corrected chi connectivity index (χ3v) is 7.56. The summed E-state index contributed by atoms with van der Waals surface area (Å²) in [6, 6.07) is 19.3. The number of benzene rings is 3. The summed E-state index contributed by atoms with van der Waals surface area (Å²) in [5, 5.41) is 16.5. The van der Waals surface area contributed by atoms with Crippen molar-refractivity contribution in [3.05, 3.63) is 89.7 Å². The standard InChI is InChI=1S/C25H25FN2O4S.C2HF3O2/c26-21-7-9-22(10-8-21)33(31,32)27-23-17-20(25(29)30)6-11-24(23)28-14-12-19(13-15-28)16-18-4-2-1-3-5-18;3-2(4,5)1(6)7/h1-11,17,19,27H,12-16H2,(H,29,30);(H,6,7). The lowest BCUT2D eigenvalue weighted by Gasteiger charge is -2.35. The molecule has 0 amide bonds. The Morgan fingerprint density at radius 1 is 0.925 bits per heavy atom. The van der Waals surface area contributed by atoms with Crippen LogP contribution in [0.3, 0.4) is 0 Å². The maximum absolute atomic E-state index is 13.2. The van der Waals surface area contributed by atoms with Gasteiger partial charge in [-0.25, -0.2) is 22.4 Å². The smallest absolute Gasteiger partial charge is 0.478 e. The highest BCUT2D eigenvalue weighted by Crippen LogP contribution is 2.33. The zero-order valence-corrected chi connectivity index (χ0v) is 21.8. The predicted octanol–water partition coefficient (Wildman–Crippen LogP) is 5.42. The van der Waals surface area contributed by atoms with E-state index in [9.17, 15) is 35.9 Å². The largest absolute Gasteiger partial charge is 0.490 e. The van der Waals surface area contributed by atoms with Gasteiger partial charge in [0, 0.05) is 13.1 Å². The zero-order chi connectivity index (χ0) is 29.5. The number of carboxylic acids is 2. The molecule has 1 aliphatic rings. The predicted molar refractivity (Wildman–Crippen MR) is 139 cm³/mol. The molecule has 1 saturated heterocycles. The van der Waals surface area contributed by atoms with Crippen LogP contribution in [0.15, 0.2) is 77.7 Å². The quantitative estimate of drug-likeness (QED) is 0.318. The number of carboxylic acid groups (broad SMARTS) is 2. The molecule has 0 aliphatic carbocycles. The Morgan fingerprint density at radius 2 is 1.50 bits per heavy atom. The molecule has 0 saturated carbocycles. The fourth-order valence-electron chi connectivity index (χ4n) is 4.17. The molecule has 8 nitrogen and oxygen atoms in total. The van der Waals surface area contributed by atoms with Crippen molar-refractivity contribution in [1.29, 1.82) is 0 Å². The summed E-state index contributed by atoms with van der Waals surface area (Å²) in [7, 11) is -4.02. The summed E-state index contributed by atoms with van der Waals surface area (Å²) in [5.74, 6) is -3.92. The second-order valence-corrected chi connectivity index (χ2v) is 10.7. The molecule has 0 bridgehead atoms. The number of rotatable bonds is 7. The van der Waals surface area contributed by atoms with Crippen molar-refractivity contribution >= 4 is 33.3 Å². The summed E-state index contributed by atoms with van der Waals surface area (Å²) in [6.07, 6.45) is -2.20. The van der Waals surface area contributed by atoms with Crippen molar-refractivity contribution in [3.63, 3.8) is 0 Å². The van der Waals surface area contributed by atoms with Crippen LogP contribution in [-0.4, -0.2) is 49.8 Å². The molecule has 40 heavy (non-hydrogen) atoms. The van der Waals surface area contributed by atoms with Gasteiger partial charge in [0.25, 0.3) is 10.0 Å². The maximum Gasteiger partial charge on any atom is 0.490 e. The van der Waals surface area contributed by atoms with E-state index in [4.69, 9.17) is 9.90 Å². The van der Waals surface area contributed by atoms with E-state index < -0.39 is 34.0 Å². The van der Waals surface area contributed by atoms with Crippen LogP contribution in [-0.2, 0) is 21.2 Å². The van der Waals surface area contributed by atoms with Gasteiger partial charge in [-0.3, -0.25) is 4.72 Å². The number of piperidine rings is 1. The molecule has 0 aromatic heterocycles. The number of nitrogens with one attached hydrogen (secondary N) is 1. The van der Waals surface area contributed by atoms with Crippen molar-refractivity contribution in [1.82, 2.24) is 0 Å². The number of nitrogens with zero attached hydrogens (tertiary/aromatic N) is 1. The fourth-order valence-corrected chi connectivity index (χ4v) is 5.23. The number of halogens is 4. The monoisotopic (exact) mass is 582 g/mol. The summed E-state index contributed by atoms with van der Waals surface area (Å²) in [6.45, 7) is 1.46. The SMILES string of the molecule is O=C(O)C(F)(F)F.O=C(O)c1ccc(N2CCC(Cc3ccccc3)CC2)c(NS(=O)(=O)c2ccc(F)cc2)c1. The average molecular weight is 583 g/mol. The Labute approximate surface area is 227 Å². The molecule has 3 aromatic carbocycles. The Hall–Kier alpha value is -4.13. The second kappa shape index (κ2) is 12.8. The van der Waals surface area contributed by atoms with Crippen LogP contribution in [0, 0.1) is 11.7 Å². The number of aromatic carboxylic acids is 1. The molecule has 1 aliphatic heterocycles. The molecule has 0 atom stereocenters. The van der Waals surface area contributed by atoms with E-state index in [1.54, 1.807) is 6.07 Å². The first-order chi connectivity index (χ1) is 18.8. The molecule has 1 fully saturated rings. The first-order valence-electron chi connectivity index (χ1n) is 12.0. The molecule has 4 rings (SSSR count). The highest BCUT2D eigenvalue weighted by molar-refractivity contribution is 7.92. The Morgan fingerprint density at radius 3 is 2.02 bits per heavy atom. The minimum atomic E-state index is -5.08. The summed E-state index contributed by atoms with van der Waals surface area (Å²) >= 11 is 0. The van der Waals surface area contributed by atoms with E-state index in [0.717, 1.165) is 44.5 Å². The van der Waals surface area contributed by atoms with Gasteiger partial charge in [-0.2, -0.15) is 13.2 Å². The number of alkyl halides is 3. The lowest BCUT2D eigenvalue weighted by Crippen LogP contribution is -2.35. The third kappa shape index (κ3) is 8.43. The van der Waals surface area contributed by atoms with Crippen molar-refractivity contribution in [2.24, 2.45) is 5.92 Å². The van der Waals surface area contributed by atoms with Crippen LogP contribution in [0.2, 0.25) is 0 Å². The average Bonchev–Trinajstić information content (AvgIpc) is 2.89. The molecule has 1 heterocycles. The van der Waals surface area contributed by atoms with Crippen LogP contribution < -0.4 is 9.62 Å². The highest BCUT2D eigenvalue weighted by Gasteiger charge is 2.38. The van der Waals surface area contributed by atoms with Crippen LogP contribution in [0.5, 0.6) is 0 Å². The van der Waals surface area contributed by atoms with Gasteiger partial charge in [0.2, 0.25) is 0 Å². The summed E-state index contributed by atoms with van der Waals surface area (Å²) in [4.78, 5) is 22.4. The number of sulfonamides is 1. The summed E-state index contributed by atoms with van der Waals surface area (Å²) < 4.78 is 73.2. The molecular weight excluding hydrogens is 556 g/mol. The van der Waals surface area contributed by atoms with Crippen LogP contribution in [0.4, 0.5) is 28.9 Å². The fraction of sp³-hybridized carbons (Fsp3) is 0.259. The van der Waals surface area contributed by atoms with E-state index in [0.29, 0.717) is 11.6 Å². The number of hydrogen-bond donors (Lipinski definition) is 3. The molecule has 13 heteroatoms. The van der Waals surface area contributed by atoms with E-state index >= 15 is 0 Å². The first kappa shape index (κ1) is 30.4. The van der Waals surface area contributed by atoms with Gasteiger partial charge in [0.05, 0.1) is 21.8 Å². The number of carbonyl (C=O) groups is 2. The minimum absolute atomic E-state index is 0.0190. The Bertz CT molecular complexity index is 1420. The van der Waals surface area contributed by atoms with Gasteiger partial charge in [-0.1, -0.05) is 30.3 Å². The molecule has 3 N–H and O–H groups in total. The number of aliphatic carboxylic acids is 1. The molecule has 0 unspecified atom stereocenters. The van der Waals surface area contributed by atoms with E-state index in [1.807, 2.05) is 18.2 Å². The molecule has 0 radical (unpaired) electrons. The van der Waals surface area contributed by atoms with Crippen molar-refractivity contribution < 1.29 is 45.8 Å². The van der Waals surface area contributed by atoms with Gasteiger partial charge in [-0.05, 0) is 73.2 Å².